The highest BCUT2D eigenvalue weighted by atomic mass is 16.6. The van der Waals surface area contributed by atoms with E-state index in [0.717, 1.165) is 18.7 Å². The first-order valence-electron chi connectivity index (χ1n) is 8.39. The number of nitrogens with zero attached hydrogens (tertiary/aromatic N) is 4. The smallest absolute Gasteiger partial charge is 0.410 e. The van der Waals surface area contributed by atoms with Gasteiger partial charge in [-0.05, 0) is 43.5 Å². The third-order valence-corrected chi connectivity index (χ3v) is 4.49. The number of aromatic nitrogens is 2. The van der Waals surface area contributed by atoms with Gasteiger partial charge in [0.15, 0.2) is 0 Å². The van der Waals surface area contributed by atoms with Gasteiger partial charge >= 0.3 is 6.09 Å². The standard InChI is InChI=1S/C17H20N4O3/c22-17-21(10-11-23-17)12-15-18-16(19-24-15)13-4-6-14(7-5-13)20-8-2-1-3-9-20/h4-7H,1-3,8-12H2. The van der Waals surface area contributed by atoms with Crippen LogP contribution in [0.4, 0.5) is 10.5 Å². The lowest BCUT2D eigenvalue weighted by Gasteiger charge is -2.28. The Kier molecular flexibility index (Phi) is 4.06. The number of anilines is 1. The number of rotatable bonds is 4. The second kappa shape index (κ2) is 6.51. The molecule has 4 rings (SSSR count). The summed E-state index contributed by atoms with van der Waals surface area (Å²) < 4.78 is 10.1. The fraction of sp³-hybridized carbons (Fsp3) is 0.471. The Morgan fingerprint density at radius 2 is 1.83 bits per heavy atom. The van der Waals surface area contributed by atoms with E-state index in [1.807, 2.05) is 12.1 Å². The van der Waals surface area contributed by atoms with Crippen molar-refractivity contribution in [3.8, 4) is 11.4 Å². The molecule has 0 spiro atoms. The molecule has 1 aromatic heterocycles. The van der Waals surface area contributed by atoms with Crippen LogP contribution in [0, 0.1) is 0 Å². The lowest BCUT2D eigenvalue weighted by molar-refractivity contribution is 0.154. The fourth-order valence-electron chi connectivity index (χ4n) is 3.14. The van der Waals surface area contributed by atoms with Crippen molar-refractivity contribution >= 4 is 11.8 Å². The van der Waals surface area contributed by atoms with E-state index in [0.29, 0.717) is 24.9 Å². The van der Waals surface area contributed by atoms with Crippen molar-refractivity contribution in [2.75, 3.05) is 31.1 Å². The van der Waals surface area contributed by atoms with Gasteiger partial charge in [0.25, 0.3) is 0 Å². The van der Waals surface area contributed by atoms with Gasteiger partial charge in [0.05, 0.1) is 6.54 Å². The Labute approximate surface area is 140 Å². The van der Waals surface area contributed by atoms with Crippen molar-refractivity contribution in [2.24, 2.45) is 0 Å². The molecule has 0 atom stereocenters. The Morgan fingerprint density at radius 1 is 1.04 bits per heavy atom. The second-order valence-electron chi connectivity index (χ2n) is 6.14. The number of benzene rings is 1. The molecule has 2 aromatic rings. The van der Waals surface area contributed by atoms with Crippen LogP contribution in [0.1, 0.15) is 25.2 Å². The zero-order valence-electron chi connectivity index (χ0n) is 13.5. The third-order valence-electron chi connectivity index (χ3n) is 4.49. The number of hydrogen-bond donors (Lipinski definition) is 0. The van der Waals surface area contributed by atoms with E-state index in [-0.39, 0.29) is 12.6 Å². The maximum Gasteiger partial charge on any atom is 0.410 e. The van der Waals surface area contributed by atoms with Crippen molar-refractivity contribution in [1.82, 2.24) is 15.0 Å². The van der Waals surface area contributed by atoms with Crippen LogP contribution in [-0.2, 0) is 11.3 Å². The van der Waals surface area contributed by atoms with E-state index in [4.69, 9.17) is 9.26 Å². The molecule has 0 radical (unpaired) electrons. The molecule has 0 N–H and O–H groups in total. The quantitative estimate of drug-likeness (QED) is 0.859. The van der Waals surface area contributed by atoms with Gasteiger partial charge in [0, 0.05) is 24.3 Å². The molecule has 3 heterocycles. The molecule has 1 amide bonds. The Bertz CT molecular complexity index is 707. The van der Waals surface area contributed by atoms with Gasteiger partial charge in [-0.3, -0.25) is 4.90 Å². The van der Waals surface area contributed by atoms with E-state index >= 15 is 0 Å². The summed E-state index contributed by atoms with van der Waals surface area (Å²) >= 11 is 0. The van der Waals surface area contributed by atoms with Gasteiger partial charge in [-0.15, -0.1) is 0 Å². The van der Waals surface area contributed by atoms with Gasteiger partial charge in [0.1, 0.15) is 13.2 Å². The molecular weight excluding hydrogens is 308 g/mol. The Hall–Kier alpha value is -2.57. The lowest BCUT2D eigenvalue weighted by Crippen LogP contribution is -2.29. The molecule has 126 valence electrons. The maximum atomic E-state index is 11.5. The zero-order chi connectivity index (χ0) is 16.4. The molecule has 7 nitrogen and oxygen atoms in total. The summed E-state index contributed by atoms with van der Waals surface area (Å²) in [5.41, 5.74) is 2.15. The summed E-state index contributed by atoms with van der Waals surface area (Å²) in [5.74, 6) is 0.965. The number of hydrogen-bond acceptors (Lipinski definition) is 6. The highest BCUT2D eigenvalue weighted by Gasteiger charge is 2.24. The molecular formula is C17H20N4O3. The molecule has 0 saturated carbocycles. The summed E-state index contributed by atoms with van der Waals surface area (Å²) in [7, 11) is 0. The minimum Gasteiger partial charge on any atom is -0.448 e. The van der Waals surface area contributed by atoms with Crippen LogP contribution in [0.15, 0.2) is 28.8 Å². The van der Waals surface area contributed by atoms with E-state index in [1.54, 1.807) is 4.90 Å². The van der Waals surface area contributed by atoms with Crippen molar-refractivity contribution in [3.05, 3.63) is 30.2 Å². The normalized spacial score (nSPS) is 18.1. The Morgan fingerprint density at radius 3 is 2.54 bits per heavy atom. The average molecular weight is 328 g/mol. The predicted molar refractivity (Wildman–Crippen MR) is 87.6 cm³/mol. The molecule has 7 heteroatoms. The van der Waals surface area contributed by atoms with Crippen LogP contribution in [0.3, 0.4) is 0 Å². The van der Waals surface area contributed by atoms with Crippen LogP contribution in [0.5, 0.6) is 0 Å². The maximum absolute atomic E-state index is 11.5. The highest BCUT2D eigenvalue weighted by Crippen LogP contribution is 2.24. The molecule has 2 saturated heterocycles. The molecule has 1 aromatic carbocycles. The van der Waals surface area contributed by atoms with E-state index in [9.17, 15) is 4.79 Å². The van der Waals surface area contributed by atoms with Crippen LogP contribution in [0.2, 0.25) is 0 Å². The first-order chi connectivity index (χ1) is 11.8. The molecule has 24 heavy (non-hydrogen) atoms. The summed E-state index contributed by atoms with van der Waals surface area (Å²) in [6.07, 6.45) is 3.51. The SMILES string of the molecule is O=C1OCCN1Cc1nc(-c2ccc(N3CCCCC3)cc2)no1. The van der Waals surface area contributed by atoms with Gasteiger partial charge in [-0.2, -0.15) is 4.98 Å². The number of amides is 1. The molecule has 0 aliphatic carbocycles. The lowest BCUT2D eigenvalue weighted by atomic mass is 10.1. The monoisotopic (exact) mass is 328 g/mol. The Balaban J connectivity index is 1.45. The minimum absolute atomic E-state index is 0.289. The molecule has 2 aliphatic heterocycles. The van der Waals surface area contributed by atoms with Gasteiger partial charge in [-0.25, -0.2) is 4.79 Å². The predicted octanol–water partition coefficient (Wildman–Crippen LogP) is 2.68. The first kappa shape index (κ1) is 15.0. The molecule has 0 unspecified atom stereocenters. The number of ether oxygens (including phenoxy) is 1. The largest absolute Gasteiger partial charge is 0.448 e. The van der Waals surface area contributed by atoms with Gasteiger partial charge in [-0.1, -0.05) is 5.16 Å². The summed E-state index contributed by atoms with van der Waals surface area (Å²) in [4.78, 5) is 19.8. The summed E-state index contributed by atoms with van der Waals surface area (Å²) in [5, 5.41) is 4.02. The highest BCUT2D eigenvalue weighted by molar-refractivity contribution is 5.69. The van der Waals surface area contributed by atoms with Crippen molar-refractivity contribution < 1.29 is 14.1 Å². The topological polar surface area (TPSA) is 71.7 Å². The van der Waals surface area contributed by atoms with Crippen LogP contribution in [-0.4, -0.2) is 47.4 Å². The zero-order valence-corrected chi connectivity index (χ0v) is 13.5. The van der Waals surface area contributed by atoms with Gasteiger partial charge in [0.2, 0.25) is 11.7 Å². The van der Waals surface area contributed by atoms with Crippen LogP contribution in [0.25, 0.3) is 11.4 Å². The fourth-order valence-corrected chi connectivity index (χ4v) is 3.14. The third kappa shape index (κ3) is 3.06. The number of cyclic esters (lactones) is 1. The summed E-state index contributed by atoms with van der Waals surface area (Å²) in [6.45, 7) is 3.51. The van der Waals surface area contributed by atoms with Crippen molar-refractivity contribution in [3.63, 3.8) is 0 Å². The van der Waals surface area contributed by atoms with Crippen molar-refractivity contribution in [2.45, 2.75) is 25.8 Å². The molecule has 0 bridgehead atoms. The van der Waals surface area contributed by atoms with Crippen LogP contribution >= 0.6 is 0 Å². The van der Waals surface area contributed by atoms with E-state index in [1.165, 1.54) is 24.9 Å². The van der Waals surface area contributed by atoms with Gasteiger partial charge < -0.3 is 14.2 Å². The number of carbonyl (C=O) groups is 1. The van der Waals surface area contributed by atoms with Crippen LogP contribution < -0.4 is 4.90 Å². The first-order valence-corrected chi connectivity index (χ1v) is 8.39. The average Bonchev–Trinajstić information content (AvgIpc) is 3.26. The van der Waals surface area contributed by atoms with Crippen molar-refractivity contribution in [1.29, 1.82) is 0 Å². The van der Waals surface area contributed by atoms with E-state index in [2.05, 4.69) is 27.2 Å². The number of piperidine rings is 1. The van der Waals surface area contributed by atoms with E-state index < -0.39 is 0 Å². The molecule has 2 aliphatic rings. The summed E-state index contributed by atoms with van der Waals surface area (Å²) in [6, 6.07) is 8.24. The molecule has 2 fully saturated rings. The minimum atomic E-state index is -0.333. The second-order valence-corrected chi connectivity index (χ2v) is 6.14. The number of carbonyl (C=O) groups excluding carboxylic acids is 1.